The Kier molecular flexibility index (Phi) is 29.6. The van der Waals surface area contributed by atoms with Crippen LogP contribution in [0.2, 0.25) is 0 Å². The van der Waals surface area contributed by atoms with E-state index in [1.54, 1.807) is 0 Å². The molecule has 0 saturated carbocycles. The van der Waals surface area contributed by atoms with E-state index in [2.05, 4.69) is 20.8 Å². The summed E-state index contributed by atoms with van der Waals surface area (Å²) in [6, 6.07) is 4.96. The Bertz CT molecular complexity index is 1120. The maximum atomic E-state index is 13.7. The van der Waals surface area contributed by atoms with E-state index in [0.29, 0.717) is 37.9 Å². The number of rotatable bonds is 8. The molecule has 0 N–H and O–H groups in total. The minimum absolute atomic E-state index is 0. The van der Waals surface area contributed by atoms with Crippen LogP contribution in [-0.4, -0.2) is 30.2 Å². The zero-order valence-corrected chi connectivity index (χ0v) is 32.0. The molecule has 2 saturated heterocycles. The largest absolute Gasteiger partial charge is 1.00 e. The summed E-state index contributed by atoms with van der Waals surface area (Å²) in [6.07, 6.45) is 4.75. The molecule has 16 heteroatoms. The Hall–Kier alpha value is -0.243. The standard InChI is InChI=1S/C14H15BrF4O2.C13H16F2O2.C4H9.CBr2F2.2CH4.Li/c1-2-3-8-6-20-13(21-7-8)9-4-10(16)12(11(17)5-9)14(15,18)19;1-2-3-9-7-16-13(17-8-9)10-4-11(14)6-12(15)5-10;1-3-4-2;2-1(3,4)5;;;/h4-5,8,13H,2-3,6-7H2,1H3;4-6,9,13H,2-3,7-8H2,1H3;1,3-4H2,2H3;;2*1H4;/q;;-1;;;;+1. The third-order valence-corrected chi connectivity index (χ3v) is 6.85. The topological polar surface area (TPSA) is 36.9 Å². The van der Waals surface area contributed by atoms with Crippen LogP contribution in [0.1, 0.15) is 103 Å². The van der Waals surface area contributed by atoms with E-state index >= 15 is 0 Å². The first kappa shape index (κ1) is 54.1. The summed E-state index contributed by atoms with van der Waals surface area (Å²) in [6.45, 7) is 11.9. The molecule has 0 atom stereocenters. The second-order valence-electron chi connectivity index (χ2n) is 10.6. The molecule has 2 fully saturated rings. The van der Waals surface area contributed by atoms with Gasteiger partial charge in [-0.15, -0.1) is 0 Å². The van der Waals surface area contributed by atoms with E-state index in [9.17, 15) is 35.1 Å². The van der Waals surface area contributed by atoms with Crippen LogP contribution < -0.4 is 18.9 Å². The smallest absolute Gasteiger partial charge is 0.348 e. The first-order valence-electron chi connectivity index (χ1n) is 15.0. The van der Waals surface area contributed by atoms with Crippen molar-refractivity contribution in [1.29, 1.82) is 0 Å². The second kappa shape index (κ2) is 27.4. The predicted octanol–water partition coefficient (Wildman–Crippen LogP) is 10.5. The third kappa shape index (κ3) is 22.1. The van der Waals surface area contributed by atoms with Gasteiger partial charge in [-0.25, -0.2) is 17.6 Å². The molecule has 0 bridgehead atoms. The Balaban J connectivity index is -0.000000685. The van der Waals surface area contributed by atoms with E-state index in [4.69, 9.17) is 18.9 Å². The fraction of sp³-hybridized carbons (Fsp3) is 0.618. The molecule has 0 spiro atoms. The maximum absolute atomic E-state index is 13.7. The van der Waals surface area contributed by atoms with Gasteiger partial charge in [-0.3, -0.25) is 0 Å². The van der Waals surface area contributed by atoms with Gasteiger partial charge < -0.3 is 25.9 Å². The fourth-order valence-electron chi connectivity index (χ4n) is 4.33. The fourth-order valence-corrected chi connectivity index (χ4v) is 4.71. The van der Waals surface area contributed by atoms with E-state index < -0.39 is 50.0 Å². The van der Waals surface area contributed by atoms with Gasteiger partial charge >= 0.3 is 27.4 Å². The molecule has 0 aliphatic carbocycles. The van der Waals surface area contributed by atoms with Gasteiger partial charge in [0.05, 0.1) is 26.4 Å². The number of halogens is 11. The molecule has 286 valence electrons. The van der Waals surface area contributed by atoms with Gasteiger partial charge in [-0.2, -0.15) is 24.0 Å². The van der Waals surface area contributed by atoms with E-state index in [0.717, 1.165) is 50.3 Å². The van der Waals surface area contributed by atoms with Crippen molar-refractivity contribution in [2.75, 3.05) is 26.4 Å². The summed E-state index contributed by atoms with van der Waals surface area (Å²) in [4.78, 5) is -3.76. The molecule has 0 aromatic heterocycles. The summed E-state index contributed by atoms with van der Waals surface area (Å²) in [5.41, 5.74) is -0.858. The van der Waals surface area contributed by atoms with Gasteiger partial charge in [0.1, 0.15) is 28.8 Å². The SMILES string of the molecule is C.C.CCCC1COC(c2cc(F)c(C(F)(F)Br)c(F)c2)OC1.CCCC1COC(c2cc(F)cc(F)c2)OC1.FC(F)(Br)Br.[CH2-]CCC.[Li+]. The Labute approximate surface area is 329 Å². The first-order chi connectivity index (χ1) is 21.9. The summed E-state index contributed by atoms with van der Waals surface area (Å²) in [5.74, 6) is -3.27. The molecule has 2 aromatic rings. The molecule has 0 amide bonds. The minimum Gasteiger partial charge on any atom is -0.348 e. The van der Waals surface area contributed by atoms with Crippen molar-refractivity contribution < 1.29 is 72.9 Å². The first-order valence-corrected chi connectivity index (χ1v) is 17.3. The van der Waals surface area contributed by atoms with Gasteiger partial charge in [0, 0.05) is 60.9 Å². The average molecular weight is 919 g/mol. The van der Waals surface area contributed by atoms with Crippen LogP contribution in [0, 0.1) is 42.0 Å². The van der Waals surface area contributed by atoms with E-state index in [1.807, 2.05) is 54.7 Å². The molecule has 2 aliphatic rings. The van der Waals surface area contributed by atoms with Crippen LogP contribution in [0.3, 0.4) is 0 Å². The van der Waals surface area contributed by atoms with Crippen molar-refractivity contribution in [3.05, 3.63) is 77.2 Å². The molecule has 2 aliphatic heterocycles. The van der Waals surface area contributed by atoms with Gasteiger partial charge in [0.15, 0.2) is 12.6 Å². The van der Waals surface area contributed by atoms with E-state index in [-0.39, 0.29) is 45.2 Å². The Morgan fingerprint density at radius 2 is 0.940 bits per heavy atom. The van der Waals surface area contributed by atoms with Gasteiger partial charge in [-0.1, -0.05) is 54.9 Å². The van der Waals surface area contributed by atoms with Crippen LogP contribution in [-0.2, 0) is 23.8 Å². The van der Waals surface area contributed by atoms with Crippen LogP contribution in [0.4, 0.5) is 35.1 Å². The number of alkyl halides is 7. The van der Waals surface area contributed by atoms with Crippen LogP contribution in [0.5, 0.6) is 0 Å². The van der Waals surface area contributed by atoms with Crippen molar-refractivity contribution in [2.24, 2.45) is 11.8 Å². The Morgan fingerprint density at radius 1 is 0.640 bits per heavy atom. The van der Waals surface area contributed by atoms with Crippen molar-refractivity contribution in [3.8, 4) is 0 Å². The second-order valence-corrected chi connectivity index (χ2v) is 14.7. The van der Waals surface area contributed by atoms with Gasteiger partial charge in [0.25, 0.3) is 0 Å². The summed E-state index contributed by atoms with van der Waals surface area (Å²) < 4.78 is 120. The monoisotopic (exact) mass is 916 g/mol. The minimum atomic E-state index is -3.76. The number of hydrogen-bond donors (Lipinski definition) is 0. The Morgan fingerprint density at radius 3 is 1.20 bits per heavy atom. The average Bonchev–Trinajstić information content (AvgIpc) is 2.96. The predicted molar refractivity (Wildman–Crippen MR) is 188 cm³/mol. The van der Waals surface area contributed by atoms with Crippen LogP contribution in [0.15, 0.2) is 30.3 Å². The third-order valence-electron chi connectivity index (χ3n) is 6.46. The molecule has 2 aromatic carbocycles. The van der Waals surface area contributed by atoms with Crippen molar-refractivity contribution in [2.45, 2.75) is 95.3 Å². The molecule has 50 heavy (non-hydrogen) atoms. The number of benzene rings is 2. The van der Waals surface area contributed by atoms with Crippen LogP contribution in [0.25, 0.3) is 0 Å². The zero-order chi connectivity index (χ0) is 35.8. The van der Waals surface area contributed by atoms with Crippen LogP contribution >= 0.6 is 47.8 Å². The quantitative estimate of drug-likeness (QED) is 0.114. The molecule has 0 unspecified atom stereocenters. The molecule has 0 radical (unpaired) electrons. The molecule has 4 nitrogen and oxygen atoms in total. The maximum Gasteiger partial charge on any atom is 1.00 e. The number of ether oxygens (including phenoxy) is 4. The molecule has 4 rings (SSSR count). The normalized spacial score (nSPS) is 20.1. The van der Waals surface area contributed by atoms with Crippen molar-refractivity contribution in [3.63, 3.8) is 0 Å². The number of hydrogen-bond acceptors (Lipinski definition) is 4. The molecule has 2 heterocycles. The van der Waals surface area contributed by atoms with Crippen molar-refractivity contribution >= 4 is 47.8 Å². The number of unbranched alkanes of at least 4 members (excludes halogenated alkanes) is 1. The zero-order valence-electron chi connectivity index (χ0n) is 27.3. The molecular formula is C34H48Br3F8LiO4. The summed E-state index contributed by atoms with van der Waals surface area (Å²) in [5, 5.41) is 0. The van der Waals surface area contributed by atoms with E-state index in [1.165, 1.54) is 18.6 Å². The van der Waals surface area contributed by atoms with Crippen molar-refractivity contribution in [1.82, 2.24) is 0 Å². The van der Waals surface area contributed by atoms with Gasteiger partial charge in [0.2, 0.25) is 0 Å². The molecular weight excluding hydrogens is 871 g/mol. The summed E-state index contributed by atoms with van der Waals surface area (Å²) >= 11 is 5.87. The summed E-state index contributed by atoms with van der Waals surface area (Å²) in [7, 11) is 0. The van der Waals surface area contributed by atoms with Gasteiger partial charge in [-0.05, 0) is 53.0 Å².